The summed E-state index contributed by atoms with van der Waals surface area (Å²) in [6, 6.07) is 2.05. The summed E-state index contributed by atoms with van der Waals surface area (Å²) >= 11 is 0. The predicted octanol–water partition coefficient (Wildman–Crippen LogP) is 1.14. The molecule has 1 aromatic rings. The van der Waals surface area contributed by atoms with Crippen LogP contribution in [-0.2, 0) is 17.9 Å². The van der Waals surface area contributed by atoms with Crippen molar-refractivity contribution in [2.75, 3.05) is 12.8 Å². The Hall–Kier alpha value is -1.54. The lowest BCUT2D eigenvalue weighted by Gasteiger charge is -2.06. The van der Waals surface area contributed by atoms with E-state index < -0.39 is 0 Å². The number of nitriles is 1. The highest BCUT2D eigenvalue weighted by atomic mass is 16.5. The SMILES string of the molecule is COCc1nn(CC(C)C)c(N)c1C#N. The predicted molar refractivity (Wildman–Crippen MR) is 56.9 cm³/mol. The van der Waals surface area contributed by atoms with E-state index in [0.29, 0.717) is 36.1 Å². The quantitative estimate of drug-likeness (QED) is 0.804. The number of nitrogen functional groups attached to an aromatic ring is 1. The van der Waals surface area contributed by atoms with Crippen LogP contribution < -0.4 is 5.73 Å². The zero-order valence-corrected chi connectivity index (χ0v) is 9.32. The summed E-state index contributed by atoms with van der Waals surface area (Å²) in [4.78, 5) is 0. The normalized spacial score (nSPS) is 10.6. The van der Waals surface area contributed by atoms with Crippen LogP contribution in [0.4, 0.5) is 5.82 Å². The fraction of sp³-hybridized carbons (Fsp3) is 0.600. The van der Waals surface area contributed by atoms with Gasteiger partial charge in [0.1, 0.15) is 23.1 Å². The molecule has 0 aromatic carbocycles. The van der Waals surface area contributed by atoms with Crippen molar-refractivity contribution in [1.29, 1.82) is 5.26 Å². The molecule has 15 heavy (non-hydrogen) atoms. The molecular formula is C10H16N4O. The van der Waals surface area contributed by atoms with Gasteiger partial charge < -0.3 is 10.5 Å². The largest absolute Gasteiger partial charge is 0.383 e. The van der Waals surface area contributed by atoms with Gasteiger partial charge in [-0.25, -0.2) is 4.68 Å². The van der Waals surface area contributed by atoms with Crippen LogP contribution in [-0.4, -0.2) is 16.9 Å². The minimum atomic E-state index is 0.318. The molecule has 5 heteroatoms. The third-order valence-corrected chi connectivity index (χ3v) is 2.00. The van der Waals surface area contributed by atoms with Crippen molar-refractivity contribution in [1.82, 2.24) is 9.78 Å². The molecule has 1 aromatic heterocycles. The van der Waals surface area contributed by atoms with Crippen LogP contribution in [0.2, 0.25) is 0 Å². The fourth-order valence-electron chi connectivity index (χ4n) is 1.37. The molecule has 0 spiro atoms. The Morgan fingerprint density at radius 1 is 1.60 bits per heavy atom. The number of anilines is 1. The van der Waals surface area contributed by atoms with Crippen molar-refractivity contribution in [3.05, 3.63) is 11.3 Å². The highest BCUT2D eigenvalue weighted by molar-refractivity contribution is 5.51. The number of ether oxygens (including phenoxy) is 1. The number of methoxy groups -OCH3 is 1. The van der Waals surface area contributed by atoms with Crippen molar-refractivity contribution in [3.8, 4) is 6.07 Å². The highest BCUT2D eigenvalue weighted by Gasteiger charge is 2.15. The van der Waals surface area contributed by atoms with E-state index in [1.165, 1.54) is 0 Å². The molecule has 0 atom stereocenters. The first kappa shape index (κ1) is 11.5. The molecule has 0 radical (unpaired) electrons. The smallest absolute Gasteiger partial charge is 0.140 e. The summed E-state index contributed by atoms with van der Waals surface area (Å²) in [5, 5.41) is 13.2. The van der Waals surface area contributed by atoms with E-state index in [9.17, 15) is 0 Å². The zero-order chi connectivity index (χ0) is 11.4. The summed E-state index contributed by atoms with van der Waals surface area (Å²) in [7, 11) is 1.57. The maximum absolute atomic E-state index is 8.93. The second kappa shape index (κ2) is 4.80. The third-order valence-electron chi connectivity index (χ3n) is 2.00. The van der Waals surface area contributed by atoms with Crippen molar-refractivity contribution in [2.24, 2.45) is 5.92 Å². The van der Waals surface area contributed by atoms with E-state index in [1.54, 1.807) is 11.8 Å². The van der Waals surface area contributed by atoms with Gasteiger partial charge in [0.2, 0.25) is 0 Å². The molecule has 0 aliphatic heterocycles. The molecule has 0 aliphatic carbocycles. The monoisotopic (exact) mass is 208 g/mol. The number of rotatable bonds is 4. The average molecular weight is 208 g/mol. The third kappa shape index (κ3) is 2.48. The Labute approximate surface area is 89.4 Å². The van der Waals surface area contributed by atoms with E-state index >= 15 is 0 Å². The van der Waals surface area contributed by atoms with E-state index in [-0.39, 0.29) is 0 Å². The summed E-state index contributed by atoms with van der Waals surface area (Å²) in [6.45, 7) is 5.18. The van der Waals surface area contributed by atoms with Crippen LogP contribution in [0.1, 0.15) is 25.1 Å². The lowest BCUT2D eigenvalue weighted by molar-refractivity contribution is 0.180. The molecule has 0 unspecified atom stereocenters. The number of hydrogen-bond acceptors (Lipinski definition) is 4. The minimum absolute atomic E-state index is 0.318. The first-order valence-electron chi connectivity index (χ1n) is 4.84. The lowest BCUT2D eigenvalue weighted by atomic mass is 10.2. The Morgan fingerprint density at radius 3 is 2.73 bits per heavy atom. The molecule has 0 saturated carbocycles. The summed E-state index contributed by atoms with van der Waals surface area (Å²) < 4.78 is 6.63. The Kier molecular flexibility index (Phi) is 3.69. The van der Waals surface area contributed by atoms with Crippen LogP contribution in [0.15, 0.2) is 0 Å². The molecule has 0 amide bonds. The van der Waals surface area contributed by atoms with Gasteiger partial charge in [-0.1, -0.05) is 13.8 Å². The van der Waals surface area contributed by atoms with Crippen LogP contribution >= 0.6 is 0 Å². The van der Waals surface area contributed by atoms with Gasteiger partial charge in [-0.2, -0.15) is 10.4 Å². The van der Waals surface area contributed by atoms with Crippen molar-refractivity contribution in [2.45, 2.75) is 27.0 Å². The summed E-state index contributed by atoms with van der Waals surface area (Å²) in [6.07, 6.45) is 0. The molecular weight excluding hydrogens is 192 g/mol. The molecule has 5 nitrogen and oxygen atoms in total. The first-order chi connectivity index (χ1) is 7.10. The van der Waals surface area contributed by atoms with Crippen LogP contribution in [0.3, 0.4) is 0 Å². The summed E-state index contributed by atoms with van der Waals surface area (Å²) in [5.41, 5.74) is 6.85. The molecule has 0 fully saturated rings. The first-order valence-corrected chi connectivity index (χ1v) is 4.84. The topological polar surface area (TPSA) is 76.9 Å². The van der Waals surface area contributed by atoms with Gasteiger partial charge in [-0.05, 0) is 5.92 Å². The van der Waals surface area contributed by atoms with Crippen LogP contribution in [0.25, 0.3) is 0 Å². The van der Waals surface area contributed by atoms with Gasteiger partial charge in [0.05, 0.1) is 6.61 Å². The number of hydrogen-bond donors (Lipinski definition) is 1. The van der Waals surface area contributed by atoms with Gasteiger partial charge >= 0.3 is 0 Å². The fourth-order valence-corrected chi connectivity index (χ4v) is 1.37. The molecule has 0 saturated heterocycles. The van der Waals surface area contributed by atoms with E-state index in [0.717, 1.165) is 0 Å². The Morgan fingerprint density at radius 2 is 2.27 bits per heavy atom. The molecule has 1 heterocycles. The van der Waals surface area contributed by atoms with Gasteiger partial charge in [-0.15, -0.1) is 0 Å². The van der Waals surface area contributed by atoms with Crippen molar-refractivity contribution in [3.63, 3.8) is 0 Å². The van der Waals surface area contributed by atoms with E-state index in [1.807, 2.05) is 0 Å². The van der Waals surface area contributed by atoms with E-state index in [2.05, 4.69) is 25.0 Å². The summed E-state index contributed by atoms with van der Waals surface area (Å²) in [5.74, 6) is 0.868. The number of aromatic nitrogens is 2. The average Bonchev–Trinajstić information content (AvgIpc) is 2.43. The van der Waals surface area contributed by atoms with Crippen molar-refractivity contribution >= 4 is 5.82 Å². The molecule has 1 rings (SSSR count). The number of nitrogens with two attached hydrogens (primary N) is 1. The maximum atomic E-state index is 8.93. The van der Waals surface area contributed by atoms with Gasteiger partial charge in [0.25, 0.3) is 0 Å². The van der Waals surface area contributed by atoms with Gasteiger partial charge in [0.15, 0.2) is 0 Å². The standard InChI is InChI=1S/C10H16N4O/c1-7(2)5-14-10(12)8(4-11)9(13-14)6-15-3/h7H,5-6,12H2,1-3H3. The van der Waals surface area contributed by atoms with Gasteiger partial charge in [-0.3, -0.25) is 0 Å². The Bertz CT molecular complexity index is 376. The second-order valence-electron chi connectivity index (χ2n) is 3.83. The van der Waals surface area contributed by atoms with Crippen molar-refractivity contribution < 1.29 is 4.74 Å². The zero-order valence-electron chi connectivity index (χ0n) is 9.32. The van der Waals surface area contributed by atoms with E-state index in [4.69, 9.17) is 15.7 Å². The molecule has 82 valence electrons. The molecule has 2 N–H and O–H groups in total. The Balaban J connectivity index is 3.05. The maximum Gasteiger partial charge on any atom is 0.140 e. The lowest BCUT2D eigenvalue weighted by Crippen LogP contribution is -2.09. The van der Waals surface area contributed by atoms with Crippen LogP contribution in [0.5, 0.6) is 0 Å². The molecule has 0 bridgehead atoms. The number of nitrogens with zero attached hydrogens (tertiary/aromatic N) is 3. The minimum Gasteiger partial charge on any atom is -0.383 e. The van der Waals surface area contributed by atoms with Crippen LogP contribution in [0, 0.1) is 17.2 Å². The second-order valence-corrected chi connectivity index (χ2v) is 3.83. The highest BCUT2D eigenvalue weighted by Crippen LogP contribution is 2.17. The molecule has 0 aliphatic rings. The van der Waals surface area contributed by atoms with Gasteiger partial charge in [0, 0.05) is 13.7 Å².